The molecule has 4 rings (SSSR count). The maximum atomic E-state index is 12.5. The van der Waals surface area contributed by atoms with E-state index >= 15 is 0 Å². The highest BCUT2D eigenvalue weighted by Crippen LogP contribution is 2.23. The highest BCUT2D eigenvalue weighted by atomic mass is 16.5. The van der Waals surface area contributed by atoms with E-state index in [0.29, 0.717) is 6.54 Å². The Morgan fingerprint density at radius 2 is 2.25 bits per heavy atom. The fraction of sp³-hybridized carbons (Fsp3) is 0.556. The largest absolute Gasteiger partial charge is 0.376 e. The first-order chi connectivity index (χ1) is 11.8. The number of amides is 1. The van der Waals surface area contributed by atoms with E-state index in [0.717, 1.165) is 62.4 Å². The molecule has 1 aromatic carbocycles. The van der Waals surface area contributed by atoms with Crippen LogP contribution in [0.1, 0.15) is 25.7 Å². The van der Waals surface area contributed by atoms with Gasteiger partial charge in [-0.1, -0.05) is 12.1 Å². The number of fused-ring (bicyclic) bond motifs is 1. The fourth-order valence-electron chi connectivity index (χ4n) is 3.64. The lowest BCUT2D eigenvalue weighted by molar-refractivity contribution is -0.125. The number of aromatic amines is 1. The summed E-state index contributed by atoms with van der Waals surface area (Å²) in [6.45, 7) is 3.12. The third kappa shape index (κ3) is 3.24. The average Bonchev–Trinajstić information content (AvgIpc) is 3.29. The van der Waals surface area contributed by atoms with E-state index in [1.54, 1.807) is 0 Å². The zero-order valence-corrected chi connectivity index (χ0v) is 13.8. The van der Waals surface area contributed by atoms with Crippen molar-refractivity contribution in [1.82, 2.24) is 15.3 Å². The lowest BCUT2D eigenvalue weighted by Crippen LogP contribution is -2.45. The molecule has 24 heavy (non-hydrogen) atoms. The lowest BCUT2D eigenvalue weighted by Gasteiger charge is -2.32. The molecule has 0 spiro atoms. The van der Waals surface area contributed by atoms with Gasteiger partial charge in [-0.3, -0.25) is 4.79 Å². The van der Waals surface area contributed by atoms with Gasteiger partial charge in [0.05, 0.1) is 23.1 Å². The normalized spacial score (nSPS) is 24.4. The Labute approximate surface area is 141 Å². The zero-order chi connectivity index (χ0) is 16.4. The minimum atomic E-state index is 0.0216. The molecular formula is C18H24N4O2. The number of hydrogen-bond acceptors (Lipinski definition) is 4. The van der Waals surface area contributed by atoms with Gasteiger partial charge in [0.1, 0.15) is 0 Å². The number of ether oxygens (including phenoxy) is 1. The molecule has 3 heterocycles. The summed E-state index contributed by atoms with van der Waals surface area (Å²) in [4.78, 5) is 22.7. The van der Waals surface area contributed by atoms with Crippen LogP contribution in [0, 0.1) is 5.92 Å². The molecular weight excluding hydrogens is 304 g/mol. The van der Waals surface area contributed by atoms with Crippen molar-refractivity contribution in [2.45, 2.75) is 31.8 Å². The Morgan fingerprint density at radius 3 is 3.08 bits per heavy atom. The third-order valence-corrected chi connectivity index (χ3v) is 5.00. The van der Waals surface area contributed by atoms with Crippen molar-refractivity contribution in [3.05, 3.63) is 24.3 Å². The molecule has 128 valence electrons. The fourth-order valence-corrected chi connectivity index (χ4v) is 3.64. The highest BCUT2D eigenvalue weighted by Gasteiger charge is 2.28. The number of para-hydroxylation sites is 2. The summed E-state index contributed by atoms with van der Waals surface area (Å²) in [5.41, 5.74) is 2.01. The number of nitrogens with zero attached hydrogens (tertiary/aromatic N) is 2. The van der Waals surface area contributed by atoms with Crippen molar-refractivity contribution in [2.75, 3.05) is 31.1 Å². The van der Waals surface area contributed by atoms with Crippen LogP contribution in [-0.2, 0) is 9.53 Å². The molecule has 2 saturated heterocycles. The summed E-state index contributed by atoms with van der Waals surface area (Å²) in [6.07, 6.45) is 4.30. The number of H-pyrrole nitrogens is 1. The second kappa shape index (κ2) is 6.81. The summed E-state index contributed by atoms with van der Waals surface area (Å²) in [6, 6.07) is 8.03. The maximum Gasteiger partial charge on any atom is 0.224 e. The Bertz CT molecular complexity index is 675. The van der Waals surface area contributed by atoms with Crippen molar-refractivity contribution in [2.24, 2.45) is 5.92 Å². The Balaban J connectivity index is 1.38. The number of carbonyl (C=O) groups is 1. The van der Waals surface area contributed by atoms with Crippen molar-refractivity contribution in [1.29, 1.82) is 0 Å². The van der Waals surface area contributed by atoms with Gasteiger partial charge in [0.2, 0.25) is 11.9 Å². The number of carbonyl (C=O) groups excluding carboxylic acids is 1. The van der Waals surface area contributed by atoms with Gasteiger partial charge in [-0.15, -0.1) is 0 Å². The van der Waals surface area contributed by atoms with Gasteiger partial charge in [0, 0.05) is 26.2 Å². The maximum absolute atomic E-state index is 12.5. The molecule has 2 aliphatic rings. The molecule has 2 aromatic rings. The van der Waals surface area contributed by atoms with Crippen LogP contribution in [0.25, 0.3) is 11.0 Å². The predicted octanol–water partition coefficient (Wildman–Crippen LogP) is 2.07. The quantitative estimate of drug-likeness (QED) is 0.901. The second-order valence-corrected chi connectivity index (χ2v) is 6.74. The Hall–Kier alpha value is -2.08. The Kier molecular flexibility index (Phi) is 4.38. The van der Waals surface area contributed by atoms with E-state index in [2.05, 4.69) is 20.2 Å². The standard InChI is InChI=1S/C18H24N4O2/c23-17(19-11-14-6-4-10-24-14)13-5-3-9-22(12-13)18-20-15-7-1-2-8-16(15)21-18/h1-2,7-8,13-14H,3-6,9-12H2,(H,19,23)(H,20,21). The van der Waals surface area contributed by atoms with E-state index in [-0.39, 0.29) is 17.9 Å². The highest BCUT2D eigenvalue weighted by molar-refractivity contribution is 5.80. The third-order valence-electron chi connectivity index (χ3n) is 5.00. The monoisotopic (exact) mass is 328 g/mol. The van der Waals surface area contributed by atoms with Gasteiger partial charge < -0.3 is 19.9 Å². The van der Waals surface area contributed by atoms with Gasteiger partial charge in [0.15, 0.2) is 0 Å². The van der Waals surface area contributed by atoms with Crippen LogP contribution in [0.3, 0.4) is 0 Å². The molecule has 1 aromatic heterocycles. The van der Waals surface area contributed by atoms with Crippen LogP contribution in [0.2, 0.25) is 0 Å². The predicted molar refractivity (Wildman–Crippen MR) is 93.0 cm³/mol. The van der Waals surface area contributed by atoms with Crippen molar-refractivity contribution < 1.29 is 9.53 Å². The van der Waals surface area contributed by atoms with Gasteiger partial charge >= 0.3 is 0 Å². The van der Waals surface area contributed by atoms with Crippen molar-refractivity contribution in [3.8, 4) is 0 Å². The number of rotatable bonds is 4. The molecule has 0 aliphatic carbocycles. The smallest absolute Gasteiger partial charge is 0.224 e. The molecule has 6 nitrogen and oxygen atoms in total. The van der Waals surface area contributed by atoms with E-state index in [4.69, 9.17) is 4.74 Å². The summed E-state index contributed by atoms with van der Waals surface area (Å²) in [7, 11) is 0. The average molecular weight is 328 g/mol. The molecule has 2 fully saturated rings. The van der Waals surface area contributed by atoms with Gasteiger partial charge in [-0.25, -0.2) is 4.98 Å². The van der Waals surface area contributed by atoms with E-state index < -0.39 is 0 Å². The Morgan fingerprint density at radius 1 is 1.33 bits per heavy atom. The first-order valence-electron chi connectivity index (χ1n) is 8.88. The molecule has 0 radical (unpaired) electrons. The first-order valence-corrected chi connectivity index (χ1v) is 8.88. The van der Waals surface area contributed by atoms with Gasteiger partial charge in [0.25, 0.3) is 0 Å². The molecule has 2 unspecified atom stereocenters. The molecule has 2 N–H and O–H groups in total. The lowest BCUT2D eigenvalue weighted by atomic mass is 9.97. The van der Waals surface area contributed by atoms with Crippen LogP contribution in [0.15, 0.2) is 24.3 Å². The van der Waals surface area contributed by atoms with Crippen molar-refractivity contribution >= 4 is 22.9 Å². The topological polar surface area (TPSA) is 70.2 Å². The van der Waals surface area contributed by atoms with Gasteiger partial charge in [-0.05, 0) is 37.8 Å². The van der Waals surface area contributed by atoms with E-state index in [1.165, 1.54) is 0 Å². The number of imidazole rings is 1. The number of nitrogens with one attached hydrogen (secondary N) is 2. The number of hydrogen-bond donors (Lipinski definition) is 2. The van der Waals surface area contributed by atoms with E-state index in [1.807, 2.05) is 24.3 Å². The number of benzene rings is 1. The van der Waals surface area contributed by atoms with Crippen molar-refractivity contribution in [3.63, 3.8) is 0 Å². The van der Waals surface area contributed by atoms with Crippen LogP contribution < -0.4 is 10.2 Å². The molecule has 6 heteroatoms. The molecule has 2 atom stereocenters. The van der Waals surface area contributed by atoms with E-state index in [9.17, 15) is 4.79 Å². The van der Waals surface area contributed by atoms with Crippen LogP contribution >= 0.6 is 0 Å². The summed E-state index contributed by atoms with van der Waals surface area (Å²) in [5.74, 6) is 1.03. The number of anilines is 1. The number of piperidine rings is 1. The SMILES string of the molecule is O=C(NCC1CCCO1)C1CCCN(c2nc3ccccc3[nH]2)C1. The number of aromatic nitrogens is 2. The molecule has 2 aliphatic heterocycles. The molecule has 0 bridgehead atoms. The van der Waals surface area contributed by atoms with Crippen LogP contribution in [0.5, 0.6) is 0 Å². The van der Waals surface area contributed by atoms with Gasteiger partial charge in [-0.2, -0.15) is 0 Å². The minimum absolute atomic E-state index is 0.0216. The minimum Gasteiger partial charge on any atom is -0.376 e. The summed E-state index contributed by atoms with van der Waals surface area (Å²) >= 11 is 0. The summed E-state index contributed by atoms with van der Waals surface area (Å²) in [5, 5.41) is 3.07. The summed E-state index contributed by atoms with van der Waals surface area (Å²) < 4.78 is 5.57. The first kappa shape index (κ1) is 15.4. The molecule has 0 saturated carbocycles. The molecule has 1 amide bonds. The van der Waals surface area contributed by atoms with Crippen LogP contribution in [0.4, 0.5) is 5.95 Å². The van der Waals surface area contributed by atoms with Crippen LogP contribution in [-0.4, -0.2) is 48.2 Å². The zero-order valence-electron chi connectivity index (χ0n) is 13.8. The second-order valence-electron chi connectivity index (χ2n) is 6.74.